The van der Waals surface area contributed by atoms with Crippen LogP contribution in [0.15, 0.2) is 84.9 Å². The SMILES string of the molecule is COc1ccc(OC)c(NC(=O)c2cc3ccccc3cc2Oc2nnnn2-c2ccccc2)c1. The van der Waals surface area contributed by atoms with E-state index < -0.39 is 5.91 Å². The number of carbonyl (C=O) groups is 1. The molecule has 35 heavy (non-hydrogen) atoms. The van der Waals surface area contributed by atoms with Crippen LogP contribution in [-0.4, -0.2) is 40.3 Å². The van der Waals surface area contributed by atoms with Crippen LogP contribution < -0.4 is 19.5 Å². The van der Waals surface area contributed by atoms with E-state index in [0.717, 1.165) is 16.5 Å². The minimum absolute atomic E-state index is 0.125. The second kappa shape index (κ2) is 9.52. The third kappa shape index (κ3) is 4.47. The molecule has 0 fully saturated rings. The first-order chi connectivity index (χ1) is 17.2. The molecular formula is C26H21N5O4. The molecule has 1 N–H and O–H groups in total. The molecule has 0 atom stereocenters. The number of nitrogens with zero attached hydrogens (tertiary/aromatic N) is 4. The van der Waals surface area contributed by atoms with Crippen LogP contribution >= 0.6 is 0 Å². The van der Waals surface area contributed by atoms with Gasteiger partial charge in [0.1, 0.15) is 17.2 Å². The van der Waals surface area contributed by atoms with Gasteiger partial charge in [0.05, 0.1) is 31.2 Å². The molecule has 5 aromatic rings. The molecule has 0 spiro atoms. The Kier molecular flexibility index (Phi) is 5.96. The van der Waals surface area contributed by atoms with Crippen molar-refractivity contribution in [2.24, 2.45) is 0 Å². The van der Waals surface area contributed by atoms with E-state index in [-0.39, 0.29) is 6.01 Å². The van der Waals surface area contributed by atoms with Gasteiger partial charge >= 0.3 is 6.01 Å². The first-order valence-corrected chi connectivity index (χ1v) is 10.7. The van der Waals surface area contributed by atoms with E-state index in [1.165, 1.54) is 11.8 Å². The molecule has 0 unspecified atom stereocenters. The monoisotopic (exact) mass is 467 g/mol. The average molecular weight is 467 g/mol. The summed E-state index contributed by atoms with van der Waals surface area (Å²) >= 11 is 0. The van der Waals surface area contributed by atoms with Crippen LogP contribution in [0.5, 0.6) is 23.3 Å². The average Bonchev–Trinajstić information content (AvgIpc) is 3.36. The molecule has 0 aliphatic rings. The topological polar surface area (TPSA) is 100 Å². The van der Waals surface area contributed by atoms with Gasteiger partial charge in [-0.1, -0.05) is 47.6 Å². The lowest BCUT2D eigenvalue weighted by Crippen LogP contribution is -2.14. The Morgan fingerprint density at radius 2 is 1.57 bits per heavy atom. The third-order valence-electron chi connectivity index (χ3n) is 5.39. The molecular weight excluding hydrogens is 446 g/mol. The summed E-state index contributed by atoms with van der Waals surface area (Å²) in [6.07, 6.45) is 0. The van der Waals surface area contributed by atoms with E-state index in [2.05, 4.69) is 20.8 Å². The Morgan fingerprint density at radius 3 is 2.31 bits per heavy atom. The van der Waals surface area contributed by atoms with Crippen molar-refractivity contribution in [3.05, 3.63) is 90.5 Å². The van der Waals surface area contributed by atoms with Crippen LogP contribution in [0.25, 0.3) is 16.5 Å². The fourth-order valence-corrected chi connectivity index (χ4v) is 3.65. The molecule has 0 saturated carbocycles. The minimum Gasteiger partial charge on any atom is -0.497 e. The Labute approximate surface area is 200 Å². The van der Waals surface area contributed by atoms with Crippen LogP contribution in [0.1, 0.15) is 10.4 Å². The van der Waals surface area contributed by atoms with Gasteiger partial charge in [-0.05, 0) is 57.6 Å². The number of methoxy groups -OCH3 is 2. The predicted octanol–water partition coefficient (Wildman–Crippen LogP) is 4.88. The summed E-state index contributed by atoms with van der Waals surface area (Å²) in [5.41, 5.74) is 1.49. The highest BCUT2D eigenvalue weighted by atomic mass is 16.5. The lowest BCUT2D eigenvalue weighted by molar-refractivity contribution is 0.102. The maximum Gasteiger partial charge on any atom is 0.345 e. The second-order valence-corrected chi connectivity index (χ2v) is 7.53. The number of para-hydroxylation sites is 1. The van der Waals surface area contributed by atoms with Crippen molar-refractivity contribution in [1.82, 2.24) is 20.2 Å². The summed E-state index contributed by atoms with van der Waals surface area (Å²) in [5.74, 6) is 0.986. The Hall–Kier alpha value is -4.92. The highest BCUT2D eigenvalue weighted by molar-refractivity contribution is 6.09. The van der Waals surface area contributed by atoms with Crippen molar-refractivity contribution in [3.63, 3.8) is 0 Å². The number of hydrogen-bond donors (Lipinski definition) is 1. The van der Waals surface area contributed by atoms with E-state index in [1.807, 2.05) is 54.6 Å². The number of anilines is 1. The summed E-state index contributed by atoms with van der Waals surface area (Å²) < 4.78 is 18.3. The summed E-state index contributed by atoms with van der Waals surface area (Å²) in [4.78, 5) is 13.5. The number of benzene rings is 4. The van der Waals surface area contributed by atoms with E-state index in [4.69, 9.17) is 14.2 Å². The van der Waals surface area contributed by atoms with Gasteiger partial charge in [-0.15, -0.1) is 0 Å². The van der Waals surface area contributed by atoms with Gasteiger partial charge in [-0.2, -0.15) is 4.68 Å². The van der Waals surface area contributed by atoms with Crippen molar-refractivity contribution in [2.75, 3.05) is 19.5 Å². The first kappa shape index (κ1) is 21.9. The zero-order chi connectivity index (χ0) is 24.2. The molecule has 1 aromatic heterocycles. The largest absolute Gasteiger partial charge is 0.497 e. The van der Waals surface area contributed by atoms with Crippen LogP contribution in [-0.2, 0) is 0 Å². The van der Waals surface area contributed by atoms with Gasteiger partial charge in [0.2, 0.25) is 0 Å². The van der Waals surface area contributed by atoms with Gasteiger partial charge in [-0.3, -0.25) is 4.79 Å². The van der Waals surface area contributed by atoms with E-state index in [9.17, 15) is 4.79 Å². The Bertz CT molecular complexity index is 1500. The van der Waals surface area contributed by atoms with Crippen LogP contribution in [0.2, 0.25) is 0 Å². The normalized spacial score (nSPS) is 10.7. The number of rotatable bonds is 7. The van der Waals surface area contributed by atoms with Crippen LogP contribution in [0.4, 0.5) is 5.69 Å². The molecule has 1 amide bonds. The van der Waals surface area contributed by atoms with Crippen molar-refractivity contribution in [3.8, 4) is 28.9 Å². The summed E-state index contributed by atoms with van der Waals surface area (Å²) in [5, 5.41) is 16.5. The quantitative estimate of drug-likeness (QED) is 0.364. The molecule has 5 rings (SSSR count). The Morgan fingerprint density at radius 1 is 0.829 bits per heavy atom. The van der Waals surface area contributed by atoms with Crippen molar-refractivity contribution in [1.29, 1.82) is 0 Å². The summed E-state index contributed by atoms with van der Waals surface area (Å²) in [6, 6.07) is 25.9. The Balaban J connectivity index is 1.55. The summed E-state index contributed by atoms with van der Waals surface area (Å²) in [6.45, 7) is 0. The fourth-order valence-electron chi connectivity index (χ4n) is 3.65. The van der Waals surface area contributed by atoms with E-state index >= 15 is 0 Å². The van der Waals surface area contributed by atoms with E-state index in [0.29, 0.717) is 28.5 Å². The van der Waals surface area contributed by atoms with Gasteiger partial charge < -0.3 is 19.5 Å². The highest BCUT2D eigenvalue weighted by Gasteiger charge is 2.20. The molecule has 1 heterocycles. The lowest BCUT2D eigenvalue weighted by Gasteiger charge is -2.15. The number of nitrogens with one attached hydrogen (secondary N) is 1. The van der Waals surface area contributed by atoms with Crippen molar-refractivity contribution < 1.29 is 19.0 Å². The van der Waals surface area contributed by atoms with Gasteiger partial charge in [-0.25, -0.2) is 0 Å². The molecule has 0 saturated heterocycles. The number of amides is 1. The molecule has 0 bridgehead atoms. The highest BCUT2D eigenvalue weighted by Crippen LogP contribution is 2.33. The van der Waals surface area contributed by atoms with Crippen LogP contribution in [0, 0.1) is 0 Å². The zero-order valence-corrected chi connectivity index (χ0v) is 19.0. The fraction of sp³-hybridized carbons (Fsp3) is 0.0769. The smallest absolute Gasteiger partial charge is 0.345 e. The number of ether oxygens (including phenoxy) is 3. The third-order valence-corrected chi connectivity index (χ3v) is 5.39. The zero-order valence-electron chi connectivity index (χ0n) is 19.0. The van der Waals surface area contributed by atoms with Gasteiger partial charge in [0, 0.05) is 6.07 Å². The number of fused-ring (bicyclic) bond motifs is 1. The molecule has 174 valence electrons. The van der Waals surface area contributed by atoms with Crippen molar-refractivity contribution in [2.45, 2.75) is 0 Å². The first-order valence-electron chi connectivity index (χ1n) is 10.7. The van der Waals surface area contributed by atoms with Crippen LogP contribution in [0.3, 0.4) is 0 Å². The maximum atomic E-state index is 13.5. The number of carbonyl (C=O) groups excluding carboxylic acids is 1. The maximum absolute atomic E-state index is 13.5. The molecule has 0 radical (unpaired) electrons. The molecule has 4 aromatic carbocycles. The van der Waals surface area contributed by atoms with E-state index in [1.54, 1.807) is 37.4 Å². The minimum atomic E-state index is -0.393. The number of hydrogen-bond acceptors (Lipinski definition) is 7. The predicted molar refractivity (Wildman–Crippen MR) is 131 cm³/mol. The number of aromatic nitrogens is 4. The van der Waals surface area contributed by atoms with Gasteiger partial charge in [0.15, 0.2) is 0 Å². The molecule has 9 heteroatoms. The molecule has 9 nitrogen and oxygen atoms in total. The molecule has 0 aliphatic heterocycles. The van der Waals surface area contributed by atoms with Gasteiger partial charge in [0.25, 0.3) is 5.91 Å². The lowest BCUT2D eigenvalue weighted by atomic mass is 10.1. The standard InChI is InChI=1S/C26H21N5O4/c1-33-20-12-13-23(34-2)22(16-20)27-25(32)21-14-17-8-6-7-9-18(17)15-24(21)35-26-28-29-30-31(26)19-10-4-3-5-11-19/h3-16H,1-2H3,(H,27,32). The molecule has 0 aliphatic carbocycles. The summed E-state index contributed by atoms with van der Waals surface area (Å²) in [7, 11) is 3.09. The number of tetrazole rings is 1. The van der Waals surface area contributed by atoms with Crippen molar-refractivity contribution >= 4 is 22.4 Å². The second-order valence-electron chi connectivity index (χ2n) is 7.53.